The molecular formula is C35H47NO12. The molecule has 1 aromatic rings. The Hall–Kier alpha value is -2.65. The molecule has 1 heterocycles. The zero-order chi connectivity index (χ0) is 34.6. The van der Waals surface area contributed by atoms with Crippen LogP contribution < -0.4 is 0 Å². The summed E-state index contributed by atoms with van der Waals surface area (Å²) in [5.41, 5.74) is -4.92. The number of rotatable bonds is 9. The summed E-state index contributed by atoms with van der Waals surface area (Å²) in [6.07, 6.45) is -5.46. The molecule has 6 aliphatic rings. The molecule has 0 radical (unpaired) electrons. The summed E-state index contributed by atoms with van der Waals surface area (Å²) in [5.74, 6) is -4.27. The van der Waals surface area contributed by atoms with Crippen molar-refractivity contribution in [3.63, 3.8) is 0 Å². The van der Waals surface area contributed by atoms with Crippen molar-refractivity contribution < 1.29 is 57.8 Å². The Morgan fingerprint density at radius 1 is 0.917 bits per heavy atom. The van der Waals surface area contributed by atoms with Gasteiger partial charge in [-0.15, -0.1) is 0 Å². The highest BCUT2D eigenvalue weighted by Gasteiger charge is 2.92. The third kappa shape index (κ3) is 3.95. The summed E-state index contributed by atoms with van der Waals surface area (Å²) in [6.45, 7) is 3.34. The second-order valence-electron chi connectivity index (χ2n) is 14.9. The van der Waals surface area contributed by atoms with Crippen LogP contribution in [0.1, 0.15) is 37.0 Å². The van der Waals surface area contributed by atoms with Crippen molar-refractivity contribution in [1.29, 1.82) is 0 Å². The van der Waals surface area contributed by atoms with E-state index in [2.05, 4.69) is 4.90 Å². The summed E-state index contributed by atoms with van der Waals surface area (Å²) in [7, 11) is 8.19. The second-order valence-corrected chi connectivity index (χ2v) is 14.9. The molecule has 264 valence electrons. The lowest BCUT2D eigenvalue weighted by molar-refractivity contribution is -0.321. The number of esters is 3. The van der Waals surface area contributed by atoms with E-state index in [-0.39, 0.29) is 24.6 Å². The molecule has 1 spiro atoms. The number of aliphatic hydroxyl groups is 2. The topological polar surface area (TPSA) is 160 Å². The van der Waals surface area contributed by atoms with Gasteiger partial charge in [-0.2, -0.15) is 0 Å². The summed E-state index contributed by atoms with van der Waals surface area (Å²) >= 11 is 0. The fourth-order valence-corrected chi connectivity index (χ4v) is 12.5. The number of fused-ring (bicyclic) bond motifs is 2. The Bertz CT molecular complexity index is 1460. The van der Waals surface area contributed by atoms with Gasteiger partial charge in [0.25, 0.3) is 0 Å². The van der Waals surface area contributed by atoms with Crippen LogP contribution in [-0.4, -0.2) is 136 Å². The van der Waals surface area contributed by atoms with Crippen LogP contribution in [-0.2, 0) is 42.7 Å². The van der Waals surface area contributed by atoms with Crippen molar-refractivity contribution >= 4 is 17.9 Å². The van der Waals surface area contributed by atoms with Crippen LogP contribution in [0.3, 0.4) is 0 Å². The quantitative estimate of drug-likeness (QED) is 0.281. The molecule has 5 saturated carbocycles. The van der Waals surface area contributed by atoms with Gasteiger partial charge in [0.1, 0.15) is 30.0 Å². The maximum Gasteiger partial charge on any atom is 0.338 e. The molecule has 7 rings (SSSR count). The number of benzene rings is 1. The van der Waals surface area contributed by atoms with Crippen molar-refractivity contribution in [2.45, 2.75) is 80.6 Å². The second kappa shape index (κ2) is 11.4. The average Bonchev–Trinajstić information content (AvgIpc) is 3.43. The molecule has 13 nitrogen and oxygen atoms in total. The van der Waals surface area contributed by atoms with Gasteiger partial charge in [-0.05, 0) is 31.5 Å². The third-order valence-corrected chi connectivity index (χ3v) is 13.2. The molecule has 2 unspecified atom stereocenters. The zero-order valence-corrected chi connectivity index (χ0v) is 28.5. The smallest absolute Gasteiger partial charge is 0.338 e. The van der Waals surface area contributed by atoms with Crippen molar-refractivity contribution in [1.82, 2.24) is 4.90 Å². The zero-order valence-electron chi connectivity index (χ0n) is 28.5. The molecule has 2 N–H and O–H groups in total. The lowest BCUT2D eigenvalue weighted by Crippen LogP contribution is -2.81. The van der Waals surface area contributed by atoms with Gasteiger partial charge in [-0.3, -0.25) is 9.59 Å². The largest absolute Gasteiger partial charge is 0.462 e. The predicted molar refractivity (Wildman–Crippen MR) is 165 cm³/mol. The predicted octanol–water partition coefficient (Wildman–Crippen LogP) is 0.829. The molecule has 13 heteroatoms. The number of piperidine rings is 1. The third-order valence-electron chi connectivity index (χ3n) is 13.2. The Morgan fingerprint density at radius 3 is 2.21 bits per heavy atom. The standard InChI is InChI=1S/C35H47NO12/c1-17(37)46-21-13-22(43-5)34-20-14-33(41)29(47-31(40)19-11-9-8-10-12-19)23(20)35(48-18(2)38,28(39)30(33)45-7)24-25(44-6)26(34)32(21,16-42-4)15-36(3)27(24)34/h8-12,20-30,39,41H,13-16H2,1-7H3/t20-,21+,22-,23+,24?,25-,26+,27?,28-,29+,30-,32-,33-,34-,35+/m0/s1. The van der Waals surface area contributed by atoms with Crippen LogP contribution in [0, 0.1) is 34.5 Å². The number of methoxy groups -OCH3 is 4. The molecule has 1 aliphatic heterocycles. The van der Waals surface area contributed by atoms with Gasteiger partial charge < -0.3 is 48.3 Å². The molecule has 1 aromatic carbocycles. The first-order valence-corrected chi connectivity index (χ1v) is 16.7. The highest BCUT2D eigenvalue weighted by Crippen LogP contribution is 2.80. The minimum Gasteiger partial charge on any atom is -0.462 e. The van der Waals surface area contributed by atoms with Crippen LogP contribution in [0.15, 0.2) is 30.3 Å². The Kier molecular flexibility index (Phi) is 8.06. The lowest BCUT2D eigenvalue weighted by atomic mass is 9.42. The number of hydrogen-bond donors (Lipinski definition) is 2. The van der Waals surface area contributed by atoms with Crippen LogP contribution in [0.5, 0.6) is 0 Å². The molecule has 5 aliphatic carbocycles. The van der Waals surface area contributed by atoms with Crippen LogP contribution in [0.2, 0.25) is 0 Å². The number of carbonyl (C=O) groups excluding carboxylic acids is 3. The molecule has 48 heavy (non-hydrogen) atoms. The highest BCUT2D eigenvalue weighted by atomic mass is 16.6. The fourth-order valence-electron chi connectivity index (χ4n) is 12.5. The first-order valence-electron chi connectivity index (χ1n) is 16.7. The van der Waals surface area contributed by atoms with Gasteiger partial charge in [0, 0.05) is 89.9 Å². The van der Waals surface area contributed by atoms with E-state index < -0.39 is 100 Å². The van der Waals surface area contributed by atoms with E-state index in [9.17, 15) is 24.6 Å². The number of nitrogens with zero attached hydrogens (tertiary/aromatic N) is 1. The summed E-state index contributed by atoms with van der Waals surface area (Å²) in [5, 5.41) is 25.3. The van der Waals surface area contributed by atoms with Gasteiger partial charge in [0.15, 0.2) is 5.60 Å². The van der Waals surface area contributed by atoms with E-state index >= 15 is 0 Å². The van der Waals surface area contributed by atoms with E-state index in [1.54, 1.807) is 51.7 Å². The number of ether oxygens (including phenoxy) is 7. The fraction of sp³-hybridized carbons (Fsp3) is 0.743. The average molecular weight is 674 g/mol. The number of carbonyl (C=O) groups is 3. The highest BCUT2D eigenvalue weighted by molar-refractivity contribution is 5.89. The summed E-state index contributed by atoms with van der Waals surface area (Å²) < 4.78 is 43.7. The minimum atomic E-state index is -1.86. The van der Waals surface area contributed by atoms with E-state index in [0.29, 0.717) is 13.0 Å². The van der Waals surface area contributed by atoms with Gasteiger partial charge in [0.2, 0.25) is 0 Å². The normalized spacial score (nSPS) is 48.1. The van der Waals surface area contributed by atoms with E-state index in [1.807, 2.05) is 7.05 Å². The maximum atomic E-state index is 13.8. The molecule has 6 fully saturated rings. The van der Waals surface area contributed by atoms with Gasteiger partial charge in [0.05, 0.1) is 24.4 Å². The lowest BCUT2D eigenvalue weighted by Gasteiger charge is -2.70. The Balaban J connectivity index is 1.52. The number of hydrogen-bond acceptors (Lipinski definition) is 13. The Labute approximate surface area is 280 Å². The van der Waals surface area contributed by atoms with Gasteiger partial charge in [-0.25, -0.2) is 4.79 Å². The molecular weight excluding hydrogens is 626 g/mol. The minimum absolute atomic E-state index is 0.0497. The SMILES string of the molecule is COC[C@]12CN(C)C3C4[C@H](OC)[C@H]1[C@@]3([C@@H](OC)C[C@H]2OC(C)=O)[C@H]1C[C@]2(O)[C@H](OC(=O)c3ccccc3)[C@@H]1[C@]4(OC(C)=O)[C@@H](O)[C@@H]2OC. The van der Waals surface area contributed by atoms with Crippen molar-refractivity contribution in [2.24, 2.45) is 34.5 Å². The molecule has 1 saturated heterocycles. The molecule has 15 atom stereocenters. The van der Waals surface area contributed by atoms with Gasteiger partial charge in [-0.1, -0.05) is 18.2 Å². The maximum absolute atomic E-state index is 13.8. The van der Waals surface area contributed by atoms with E-state index in [4.69, 9.17) is 33.2 Å². The van der Waals surface area contributed by atoms with E-state index in [1.165, 1.54) is 21.0 Å². The van der Waals surface area contributed by atoms with Crippen molar-refractivity contribution in [3.8, 4) is 0 Å². The Morgan fingerprint density at radius 2 is 1.62 bits per heavy atom. The number of likely N-dealkylation sites (tertiary alicyclic amines) is 1. The number of aliphatic hydroxyl groups excluding tert-OH is 1. The van der Waals surface area contributed by atoms with Crippen molar-refractivity contribution in [2.75, 3.05) is 48.6 Å². The molecule has 7 bridgehead atoms. The van der Waals surface area contributed by atoms with Crippen LogP contribution >= 0.6 is 0 Å². The first kappa shape index (κ1) is 33.8. The van der Waals surface area contributed by atoms with Crippen molar-refractivity contribution in [3.05, 3.63) is 35.9 Å². The molecule has 0 aromatic heterocycles. The van der Waals surface area contributed by atoms with Gasteiger partial charge >= 0.3 is 17.9 Å². The molecule has 0 amide bonds. The van der Waals surface area contributed by atoms with E-state index in [0.717, 1.165) is 0 Å². The monoisotopic (exact) mass is 673 g/mol. The van der Waals surface area contributed by atoms with Crippen LogP contribution in [0.25, 0.3) is 0 Å². The van der Waals surface area contributed by atoms with Crippen LogP contribution in [0.4, 0.5) is 0 Å². The summed E-state index contributed by atoms with van der Waals surface area (Å²) in [4.78, 5) is 41.9. The first-order chi connectivity index (χ1) is 22.8. The summed E-state index contributed by atoms with van der Waals surface area (Å²) in [6, 6.07) is 8.09.